The van der Waals surface area contributed by atoms with Crippen molar-refractivity contribution >= 4 is 27.9 Å². The van der Waals surface area contributed by atoms with E-state index >= 15 is 0 Å². The lowest BCUT2D eigenvalue weighted by Gasteiger charge is -2.23. The fourth-order valence-electron chi connectivity index (χ4n) is 2.42. The summed E-state index contributed by atoms with van der Waals surface area (Å²) in [6, 6.07) is 5.44. The van der Waals surface area contributed by atoms with Crippen molar-refractivity contribution in [1.29, 1.82) is 0 Å². The first-order valence-electron chi connectivity index (χ1n) is 7.24. The van der Waals surface area contributed by atoms with Gasteiger partial charge in [0, 0.05) is 34.9 Å². The van der Waals surface area contributed by atoms with E-state index in [9.17, 15) is 14.3 Å². The van der Waals surface area contributed by atoms with Gasteiger partial charge in [-0.15, -0.1) is 0 Å². The first-order valence-corrected chi connectivity index (χ1v) is 8.73. The molecule has 0 saturated carbocycles. The first kappa shape index (κ1) is 15.8. The molecular weight excluding hydrogens is 290 g/mol. The maximum atomic E-state index is 11.4. The number of hydrogen-bond donors (Lipinski definition) is 2. The summed E-state index contributed by atoms with van der Waals surface area (Å²) in [5.41, 5.74) is 1.18. The Kier molecular flexibility index (Phi) is 5.55. The van der Waals surface area contributed by atoms with Crippen LogP contribution in [0.2, 0.25) is 0 Å². The molecule has 1 saturated heterocycles. The van der Waals surface area contributed by atoms with E-state index in [1.807, 2.05) is 13.0 Å². The highest BCUT2D eigenvalue weighted by Crippen LogP contribution is 2.34. The van der Waals surface area contributed by atoms with Gasteiger partial charge in [-0.3, -0.25) is 14.3 Å². The van der Waals surface area contributed by atoms with E-state index in [1.165, 1.54) is 0 Å². The fourth-order valence-corrected chi connectivity index (χ4v) is 3.72. The topological polar surface area (TPSA) is 84.3 Å². The van der Waals surface area contributed by atoms with Crippen molar-refractivity contribution in [2.75, 3.05) is 28.7 Å². The van der Waals surface area contributed by atoms with Crippen molar-refractivity contribution < 1.29 is 9.13 Å². The van der Waals surface area contributed by atoms with E-state index in [0.29, 0.717) is 29.4 Å². The number of para-hydroxylation sites is 1. The lowest BCUT2D eigenvalue weighted by molar-refractivity contribution is -0.383. The van der Waals surface area contributed by atoms with Crippen LogP contribution in [0.3, 0.4) is 0 Å². The molecule has 116 valence electrons. The maximum Gasteiger partial charge on any atom is 0.315 e. The molecule has 1 aromatic carbocycles. The number of nitrogens with one attached hydrogen (secondary N) is 2. The summed E-state index contributed by atoms with van der Waals surface area (Å²) in [6.07, 6.45) is 2.48. The Labute approximate surface area is 126 Å². The molecule has 0 amide bonds. The van der Waals surface area contributed by atoms with Gasteiger partial charge in [0.15, 0.2) is 0 Å². The average molecular weight is 311 g/mol. The third-order valence-corrected chi connectivity index (χ3v) is 4.91. The molecule has 1 aromatic rings. The van der Waals surface area contributed by atoms with E-state index in [4.69, 9.17) is 0 Å². The van der Waals surface area contributed by atoms with Crippen molar-refractivity contribution in [3.05, 3.63) is 28.3 Å². The van der Waals surface area contributed by atoms with Gasteiger partial charge in [0.25, 0.3) is 0 Å². The lowest BCUT2D eigenvalue weighted by atomic mass is 10.1. The van der Waals surface area contributed by atoms with E-state index in [1.54, 1.807) is 12.1 Å². The third-order valence-electron chi connectivity index (χ3n) is 3.53. The Hall–Kier alpha value is -1.63. The van der Waals surface area contributed by atoms with Gasteiger partial charge in [-0.1, -0.05) is 13.0 Å². The van der Waals surface area contributed by atoms with Gasteiger partial charge in [-0.25, -0.2) is 0 Å². The molecule has 7 heteroatoms. The molecule has 0 bridgehead atoms. The number of nitro groups is 1. The highest BCUT2D eigenvalue weighted by atomic mass is 32.2. The molecule has 0 spiro atoms. The summed E-state index contributed by atoms with van der Waals surface area (Å²) >= 11 is 0. The van der Waals surface area contributed by atoms with E-state index in [0.717, 1.165) is 19.3 Å². The molecule has 0 aliphatic carbocycles. The van der Waals surface area contributed by atoms with Crippen molar-refractivity contribution in [3.63, 3.8) is 0 Å². The van der Waals surface area contributed by atoms with Crippen LogP contribution in [0.25, 0.3) is 0 Å². The number of rotatable bonds is 6. The second-order valence-corrected chi connectivity index (χ2v) is 6.85. The molecule has 6 nitrogen and oxygen atoms in total. The van der Waals surface area contributed by atoms with Crippen LogP contribution in [0.1, 0.15) is 26.2 Å². The Morgan fingerprint density at radius 2 is 2.00 bits per heavy atom. The maximum absolute atomic E-state index is 11.4. The Bertz CT molecular complexity index is 526. The smallest absolute Gasteiger partial charge is 0.315 e. The largest absolute Gasteiger partial charge is 0.379 e. The quantitative estimate of drug-likeness (QED) is 0.623. The van der Waals surface area contributed by atoms with Gasteiger partial charge in [0.05, 0.1) is 4.92 Å². The molecular formula is C14H21N3O3S. The van der Waals surface area contributed by atoms with E-state index in [-0.39, 0.29) is 16.7 Å². The zero-order valence-electron chi connectivity index (χ0n) is 12.1. The Morgan fingerprint density at radius 3 is 2.62 bits per heavy atom. The Balaban J connectivity index is 2.17. The van der Waals surface area contributed by atoms with Crippen LogP contribution in [0.5, 0.6) is 0 Å². The lowest BCUT2D eigenvalue weighted by Crippen LogP contribution is -2.29. The molecule has 0 unspecified atom stereocenters. The SMILES string of the molecule is CCCNc1cccc(NC2CCS(=O)CC2)c1[N+](=O)[O-]. The van der Waals surface area contributed by atoms with Gasteiger partial charge in [-0.05, 0) is 31.4 Å². The van der Waals surface area contributed by atoms with Gasteiger partial charge in [0.1, 0.15) is 11.4 Å². The van der Waals surface area contributed by atoms with Crippen molar-refractivity contribution in [2.24, 2.45) is 0 Å². The van der Waals surface area contributed by atoms with Gasteiger partial charge >= 0.3 is 5.69 Å². The molecule has 21 heavy (non-hydrogen) atoms. The van der Waals surface area contributed by atoms with Crippen LogP contribution >= 0.6 is 0 Å². The average Bonchev–Trinajstić information content (AvgIpc) is 2.47. The zero-order valence-corrected chi connectivity index (χ0v) is 12.9. The minimum atomic E-state index is -0.728. The molecule has 1 aliphatic heterocycles. The third kappa shape index (κ3) is 4.17. The summed E-state index contributed by atoms with van der Waals surface area (Å²) in [5.74, 6) is 1.33. The van der Waals surface area contributed by atoms with Crippen LogP contribution in [-0.4, -0.2) is 33.2 Å². The van der Waals surface area contributed by atoms with Crippen molar-refractivity contribution in [2.45, 2.75) is 32.2 Å². The van der Waals surface area contributed by atoms with Crippen LogP contribution in [-0.2, 0) is 10.8 Å². The van der Waals surface area contributed by atoms with Gasteiger partial charge in [0.2, 0.25) is 0 Å². The van der Waals surface area contributed by atoms with Gasteiger partial charge in [-0.2, -0.15) is 0 Å². The fraction of sp³-hybridized carbons (Fsp3) is 0.571. The number of nitrogens with zero attached hydrogens (tertiary/aromatic N) is 1. The molecule has 1 aliphatic rings. The number of anilines is 2. The van der Waals surface area contributed by atoms with Crippen molar-refractivity contribution in [1.82, 2.24) is 0 Å². The molecule has 0 atom stereocenters. The minimum Gasteiger partial charge on any atom is -0.379 e. The van der Waals surface area contributed by atoms with Crippen LogP contribution in [0.4, 0.5) is 17.1 Å². The van der Waals surface area contributed by atoms with Crippen molar-refractivity contribution in [3.8, 4) is 0 Å². The molecule has 0 radical (unpaired) electrons. The molecule has 1 heterocycles. The summed E-state index contributed by atoms with van der Waals surface area (Å²) in [5, 5.41) is 17.7. The van der Waals surface area contributed by atoms with Crippen LogP contribution in [0, 0.1) is 10.1 Å². The molecule has 2 rings (SSSR count). The number of hydrogen-bond acceptors (Lipinski definition) is 5. The normalized spacial score (nSPS) is 21.8. The summed E-state index contributed by atoms with van der Waals surface area (Å²) in [6.45, 7) is 2.72. The standard InChI is InChI=1S/C14H21N3O3S/c1-2-8-15-12-4-3-5-13(14(12)17(18)19)16-11-6-9-21(20)10-7-11/h3-5,11,15-16H,2,6-10H2,1H3. The predicted molar refractivity (Wildman–Crippen MR) is 86.4 cm³/mol. The first-order chi connectivity index (χ1) is 10.1. The highest BCUT2D eigenvalue weighted by molar-refractivity contribution is 7.85. The van der Waals surface area contributed by atoms with Gasteiger partial charge < -0.3 is 10.6 Å². The molecule has 1 fully saturated rings. The number of nitro benzene ring substituents is 1. The number of benzene rings is 1. The Morgan fingerprint density at radius 1 is 1.33 bits per heavy atom. The molecule has 2 N–H and O–H groups in total. The summed E-state index contributed by atoms with van der Waals surface area (Å²) < 4.78 is 11.4. The monoisotopic (exact) mass is 311 g/mol. The van der Waals surface area contributed by atoms with Crippen LogP contribution < -0.4 is 10.6 Å². The predicted octanol–water partition coefficient (Wildman–Crippen LogP) is 2.74. The minimum absolute atomic E-state index is 0.0950. The second-order valence-electron chi connectivity index (χ2n) is 5.15. The molecule has 0 aromatic heterocycles. The summed E-state index contributed by atoms with van der Waals surface area (Å²) in [7, 11) is -0.728. The highest BCUT2D eigenvalue weighted by Gasteiger charge is 2.23. The van der Waals surface area contributed by atoms with Crippen LogP contribution in [0.15, 0.2) is 18.2 Å². The van der Waals surface area contributed by atoms with E-state index < -0.39 is 10.8 Å². The summed E-state index contributed by atoms with van der Waals surface area (Å²) in [4.78, 5) is 11.0. The second kappa shape index (κ2) is 7.40. The van der Waals surface area contributed by atoms with E-state index in [2.05, 4.69) is 10.6 Å². The zero-order chi connectivity index (χ0) is 15.2.